The second-order valence-electron chi connectivity index (χ2n) is 5.48. The van der Waals surface area contributed by atoms with Crippen LogP contribution in [0, 0.1) is 5.92 Å². The molecule has 0 amide bonds. The monoisotopic (exact) mass is 272 g/mol. The molecule has 2 unspecified atom stereocenters. The van der Waals surface area contributed by atoms with Gasteiger partial charge in [-0.2, -0.15) is 5.10 Å². The molecule has 5 heteroatoms. The van der Waals surface area contributed by atoms with Crippen LogP contribution in [0.2, 0.25) is 0 Å². The van der Waals surface area contributed by atoms with E-state index in [1.165, 1.54) is 0 Å². The van der Waals surface area contributed by atoms with Gasteiger partial charge in [0.05, 0.1) is 18.0 Å². The van der Waals surface area contributed by atoms with Crippen LogP contribution in [0.15, 0.2) is 30.7 Å². The van der Waals surface area contributed by atoms with E-state index in [1.807, 2.05) is 24.5 Å². The summed E-state index contributed by atoms with van der Waals surface area (Å²) in [7, 11) is 0. The zero-order valence-corrected chi connectivity index (χ0v) is 11.4. The molecule has 0 bridgehead atoms. The van der Waals surface area contributed by atoms with Crippen molar-refractivity contribution >= 4 is 0 Å². The van der Waals surface area contributed by atoms with Crippen LogP contribution in [0.4, 0.5) is 0 Å². The van der Waals surface area contributed by atoms with Gasteiger partial charge < -0.3 is 10.4 Å². The van der Waals surface area contributed by atoms with E-state index in [1.54, 1.807) is 6.20 Å². The Morgan fingerprint density at radius 1 is 1.35 bits per heavy atom. The number of aliphatic hydroxyl groups is 1. The molecule has 0 saturated heterocycles. The summed E-state index contributed by atoms with van der Waals surface area (Å²) in [5, 5.41) is 20.2. The molecule has 0 radical (unpaired) electrons. The first-order valence-electron chi connectivity index (χ1n) is 7.14. The maximum atomic E-state index is 9.53. The highest BCUT2D eigenvalue weighted by atomic mass is 16.3. The minimum atomic E-state index is -0.0957. The smallest absolute Gasteiger partial charge is 0.0710 e. The molecule has 0 spiro atoms. The van der Waals surface area contributed by atoms with E-state index in [-0.39, 0.29) is 6.10 Å². The standard InChI is InChI=1S/C15H20N4O/c20-14-4-3-11(6-14)7-17-9-13-10-18-19-15(13)12-2-1-5-16-8-12/h1-2,5,8,10-11,14,17,20H,3-4,6-7,9H2,(H,18,19). The van der Waals surface area contributed by atoms with E-state index in [0.29, 0.717) is 5.92 Å². The van der Waals surface area contributed by atoms with Crippen LogP contribution in [-0.2, 0) is 6.54 Å². The van der Waals surface area contributed by atoms with Gasteiger partial charge in [0.25, 0.3) is 0 Å². The SMILES string of the molecule is OC1CCC(CNCc2cn[nH]c2-c2cccnc2)C1. The first kappa shape index (κ1) is 13.3. The van der Waals surface area contributed by atoms with E-state index in [4.69, 9.17) is 0 Å². The Bertz CT molecular complexity index is 540. The summed E-state index contributed by atoms with van der Waals surface area (Å²) in [5.41, 5.74) is 3.23. The first-order valence-corrected chi connectivity index (χ1v) is 7.14. The Hall–Kier alpha value is -1.72. The van der Waals surface area contributed by atoms with Gasteiger partial charge in [0, 0.05) is 30.1 Å². The number of aromatic nitrogens is 3. The zero-order chi connectivity index (χ0) is 13.8. The maximum absolute atomic E-state index is 9.53. The largest absolute Gasteiger partial charge is 0.393 e. The lowest BCUT2D eigenvalue weighted by atomic mass is 10.1. The van der Waals surface area contributed by atoms with E-state index < -0.39 is 0 Å². The fourth-order valence-electron chi connectivity index (χ4n) is 2.85. The van der Waals surface area contributed by atoms with Gasteiger partial charge in [0.15, 0.2) is 0 Å². The van der Waals surface area contributed by atoms with Crippen LogP contribution in [-0.4, -0.2) is 32.9 Å². The molecule has 2 atom stereocenters. The third-order valence-corrected chi connectivity index (χ3v) is 3.93. The Balaban J connectivity index is 1.57. The summed E-state index contributed by atoms with van der Waals surface area (Å²) >= 11 is 0. The van der Waals surface area contributed by atoms with Gasteiger partial charge >= 0.3 is 0 Å². The number of pyridine rings is 1. The molecule has 2 aromatic heterocycles. The molecule has 20 heavy (non-hydrogen) atoms. The van der Waals surface area contributed by atoms with E-state index in [0.717, 1.165) is 49.2 Å². The summed E-state index contributed by atoms with van der Waals surface area (Å²) in [6.07, 6.45) is 8.36. The number of hydrogen-bond donors (Lipinski definition) is 3. The van der Waals surface area contributed by atoms with Gasteiger partial charge in [0.1, 0.15) is 0 Å². The lowest BCUT2D eigenvalue weighted by Gasteiger charge is -2.10. The lowest BCUT2D eigenvalue weighted by Crippen LogP contribution is -2.21. The van der Waals surface area contributed by atoms with Crippen molar-refractivity contribution in [1.82, 2.24) is 20.5 Å². The van der Waals surface area contributed by atoms with Gasteiger partial charge in [-0.05, 0) is 43.9 Å². The molecule has 1 saturated carbocycles. The van der Waals surface area contributed by atoms with Crippen molar-refractivity contribution in [2.24, 2.45) is 5.92 Å². The molecular formula is C15H20N4O. The van der Waals surface area contributed by atoms with Crippen LogP contribution in [0.3, 0.4) is 0 Å². The van der Waals surface area contributed by atoms with Crippen molar-refractivity contribution in [3.63, 3.8) is 0 Å². The molecule has 2 heterocycles. The summed E-state index contributed by atoms with van der Waals surface area (Å²) in [6.45, 7) is 1.74. The minimum Gasteiger partial charge on any atom is -0.393 e. The number of hydrogen-bond acceptors (Lipinski definition) is 4. The van der Waals surface area contributed by atoms with Gasteiger partial charge in [-0.3, -0.25) is 10.1 Å². The number of nitrogens with one attached hydrogen (secondary N) is 2. The molecule has 1 fully saturated rings. The Labute approximate surface area is 118 Å². The summed E-state index contributed by atoms with van der Waals surface area (Å²) in [4.78, 5) is 4.14. The summed E-state index contributed by atoms with van der Waals surface area (Å²) < 4.78 is 0. The summed E-state index contributed by atoms with van der Waals surface area (Å²) in [6, 6.07) is 3.95. The third kappa shape index (κ3) is 3.05. The number of nitrogens with zero attached hydrogens (tertiary/aromatic N) is 2. The van der Waals surface area contributed by atoms with Gasteiger partial charge in [0.2, 0.25) is 0 Å². The third-order valence-electron chi connectivity index (χ3n) is 3.93. The van der Waals surface area contributed by atoms with Crippen LogP contribution in [0.25, 0.3) is 11.3 Å². The fourth-order valence-corrected chi connectivity index (χ4v) is 2.85. The molecule has 2 aromatic rings. The predicted molar refractivity (Wildman–Crippen MR) is 76.9 cm³/mol. The van der Waals surface area contributed by atoms with E-state index >= 15 is 0 Å². The maximum Gasteiger partial charge on any atom is 0.0710 e. The second-order valence-corrected chi connectivity index (χ2v) is 5.48. The molecule has 5 nitrogen and oxygen atoms in total. The van der Waals surface area contributed by atoms with Crippen molar-refractivity contribution in [3.8, 4) is 11.3 Å². The number of rotatable bonds is 5. The van der Waals surface area contributed by atoms with Gasteiger partial charge in [-0.25, -0.2) is 0 Å². The number of aliphatic hydroxyl groups excluding tert-OH is 1. The summed E-state index contributed by atoms with van der Waals surface area (Å²) in [5.74, 6) is 0.596. The second kappa shape index (κ2) is 6.15. The van der Waals surface area contributed by atoms with Crippen molar-refractivity contribution in [2.45, 2.75) is 31.9 Å². The molecule has 3 rings (SSSR count). The van der Waals surface area contributed by atoms with E-state index in [9.17, 15) is 5.11 Å². The van der Waals surface area contributed by atoms with E-state index in [2.05, 4.69) is 20.5 Å². The minimum absolute atomic E-state index is 0.0957. The highest BCUT2D eigenvalue weighted by Crippen LogP contribution is 2.25. The van der Waals surface area contributed by atoms with Crippen molar-refractivity contribution < 1.29 is 5.11 Å². The van der Waals surface area contributed by atoms with Crippen LogP contribution < -0.4 is 5.32 Å². The highest BCUT2D eigenvalue weighted by molar-refractivity contribution is 5.61. The molecule has 0 aliphatic heterocycles. The number of aromatic amines is 1. The van der Waals surface area contributed by atoms with Gasteiger partial charge in [-0.15, -0.1) is 0 Å². The number of H-pyrrole nitrogens is 1. The quantitative estimate of drug-likeness (QED) is 0.775. The average Bonchev–Trinajstić information content (AvgIpc) is 3.09. The van der Waals surface area contributed by atoms with Crippen molar-refractivity contribution in [3.05, 3.63) is 36.3 Å². The van der Waals surface area contributed by atoms with Crippen LogP contribution in [0.1, 0.15) is 24.8 Å². The lowest BCUT2D eigenvalue weighted by molar-refractivity contribution is 0.177. The topological polar surface area (TPSA) is 73.8 Å². The van der Waals surface area contributed by atoms with Crippen molar-refractivity contribution in [2.75, 3.05) is 6.54 Å². The van der Waals surface area contributed by atoms with Crippen LogP contribution in [0.5, 0.6) is 0 Å². The molecular weight excluding hydrogens is 252 g/mol. The van der Waals surface area contributed by atoms with Gasteiger partial charge in [-0.1, -0.05) is 0 Å². The molecule has 1 aliphatic carbocycles. The predicted octanol–water partition coefficient (Wildman–Crippen LogP) is 1.72. The van der Waals surface area contributed by atoms with Crippen molar-refractivity contribution in [1.29, 1.82) is 0 Å². The average molecular weight is 272 g/mol. The Morgan fingerprint density at radius 2 is 2.30 bits per heavy atom. The zero-order valence-electron chi connectivity index (χ0n) is 11.4. The van der Waals surface area contributed by atoms with Crippen LogP contribution >= 0.6 is 0 Å². The fraction of sp³-hybridized carbons (Fsp3) is 0.467. The Kier molecular flexibility index (Phi) is 4.08. The first-order chi connectivity index (χ1) is 9.83. The molecule has 1 aliphatic rings. The highest BCUT2D eigenvalue weighted by Gasteiger charge is 2.22. The Morgan fingerprint density at radius 3 is 3.05 bits per heavy atom. The molecule has 106 valence electrons. The molecule has 3 N–H and O–H groups in total. The molecule has 0 aromatic carbocycles. The normalized spacial score (nSPS) is 22.2.